The first-order valence-electron chi connectivity index (χ1n) is 8.83. The van der Waals surface area contributed by atoms with E-state index in [-0.39, 0.29) is 11.8 Å². The number of aromatic nitrogens is 2. The van der Waals surface area contributed by atoms with Crippen molar-refractivity contribution in [2.75, 3.05) is 13.2 Å². The molecule has 1 saturated carbocycles. The normalized spacial score (nSPS) is 15.6. The zero-order valence-corrected chi connectivity index (χ0v) is 15.3. The van der Waals surface area contributed by atoms with Crippen LogP contribution in [-0.2, 0) is 29.3 Å². The minimum absolute atomic E-state index is 0.150. The lowest BCUT2D eigenvalue weighted by molar-refractivity contribution is -0.149. The quantitative estimate of drug-likeness (QED) is 0.746. The van der Waals surface area contributed by atoms with Gasteiger partial charge in [-0.1, -0.05) is 24.3 Å². The number of nitrogens with one attached hydrogen (secondary N) is 1. The third kappa shape index (κ3) is 4.32. The van der Waals surface area contributed by atoms with Crippen molar-refractivity contribution in [2.45, 2.75) is 32.5 Å². The van der Waals surface area contributed by atoms with Crippen LogP contribution >= 0.6 is 0 Å². The first kappa shape index (κ1) is 19.4. The number of hydrogen-bond donors (Lipinski definition) is 1. The monoisotopic (exact) mass is 381 g/mol. The van der Waals surface area contributed by atoms with Crippen LogP contribution in [0.15, 0.2) is 30.5 Å². The molecule has 0 unspecified atom stereocenters. The Labute approximate surface area is 155 Å². The van der Waals surface area contributed by atoms with E-state index in [1.54, 1.807) is 19.1 Å². The number of hydrogen-bond acceptors (Lipinski definition) is 4. The van der Waals surface area contributed by atoms with Crippen LogP contribution in [-0.4, -0.2) is 28.7 Å². The average Bonchev–Trinajstić information content (AvgIpc) is 3.29. The van der Waals surface area contributed by atoms with Gasteiger partial charge in [-0.3, -0.25) is 4.79 Å². The second kappa shape index (κ2) is 7.34. The van der Waals surface area contributed by atoms with Gasteiger partial charge in [0.05, 0.1) is 12.0 Å². The smallest absolute Gasteiger partial charge is 0.434 e. The molecule has 1 aromatic carbocycles. The Hall–Kier alpha value is -2.35. The summed E-state index contributed by atoms with van der Waals surface area (Å²) < 4.78 is 44.8. The fraction of sp³-hybridized carbons (Fsp3) is 0.474. The highest BCUT2D eigenvalue weighted by molar-refractivity contribution is 5.80. The van der Waals surface area contributed by atoms with Crippen molar-refractivity contribution in [1.82, 2.24) is 14.9 Å². The lowest BCUT2D eigenvalue weighted by atomic mass is 10.1. The van der Waals surface area contributed by atoms with Crippen LogP contribution in [0.5, 0.6) is 0 Å². The van der Waals surface area contributed by atoms with Crippen LogP contribution in [0.1, 0.15) is 31.0 Å². The van der Waals surface area contributed by atoms with Gasteiger partial charge >= 0.3 is 12.1 Å². The molecule has 1 aliphatic carbocycles. The molecule has 0 spiro atoms. The van der Waals surface area contributed by atoms with E-state index in [4.69, 9.17) is 4.74 Å². The summed E-state index contributed by atoms with van der Waals surface area (Å²) in [6, 6.07) is 7.18. The zero-order chi connectivity index (χ0) is 19.7. The van der Waals surface area contributed by atoms with Gasteiger partial charge in [0.1, 0.15) is 5.82 Å². The second-order valence-corrected chi connectivity index (χ2v) is 6.86. The number of aryl methyl sites for hydroxylation is 1. The van der Waals surface area contributed by atoms with E-state index in [0.717, 1.165) is 24.6 Å². The van der Waals surface area contributed by atoms with Crippen LogP contribution in [0.25, 0.3) is 11.4 Å². The Morgan fingerprint density at radius 3 is 2.48 bits per heavy atom. The molecule has 0 bridgehead atoms. The molecule has 0 atom stereocenters. The van der Waals surface area contributed by atoms with Gasteiger partial charge in [-0.05, 0) is 25.3 Å². The number of esters is 1. The maximum absolute atomic E-state index is 12.8. The Balaban J connectivity index is 1.60. The minimum Gasteiger partial charge on any atom is -0.466 e. The third-order valence-corrected chi connectivity index (χ3v) is 4.73. The van der Waals surface area contributed by atoms with Gasteiger partial charge in [-0.2, -0.15) is 13.2 Å². The van der Waals surface area contributed by atoms with Crippen molar-refractivity contribution in [2.24, 2.45) is 12.5 Å². The summed E-state index contributed by atoms with van der Waals surface area (Å²) in [4.78, 5) is 15.6. The first-order chi connectivity index (χ1) is 12.7. The lowest BCUT2D eigenvalue weighted by Gasteiger charge is -2.14. The van der Waals surface area contributed by atoms with E-state index in [1.807, 2.05) is 12.1 Å². The van der Waals surface area contributed by atoms with Crippen molar-refractivity contribution in [3.8, 4) is 11.4 Å². The molecule has 2 aromatic rings. The van der Waals surface area contributed by atoms with E-state index < -0.39 is 17.3 Å². The van der Waals surface area contributed by atoms with Gasteiger partial charge in [0.2, 0.25) is 0 Å². The summed E-state index contributed by atoms with van der Waals surface area (Å²) in [5.74, 6) is 0.115. The number of ether oxygens (including phenoxy) is 1. The van der Waals surface area contributed by atoms with Crippen molar-refractivity contribution in [1.29, 1.82) is 0 Å². The summed E-state index contributed by atoms with van der Waals surface area (Å²) in [7, 11) is 1.54. The summed E-state index contributed by atoms with van der Waals surface area (Å²) in [5, 5.41) is 3.27. The largest absolute Gasteiger partial charge is 0.466 e. The standard InChI is InChI=1S/C19H22F3N3O2/c1-3-27-17(26)18(8-9-18)12-23-10-13-4-6-14(7-5-13)16-24-15(11-25(16)2)19(20,21)22/h4-7,11,23H,3,8-10,12H2,1-2H3. The number of alkyl halides is 3. The van der Waals surface area contributed by atoms with Crippen molar-refractivity contribution < 1.29 is 22.7 Å². The van der Waals surface area contributed by atoms with Crippen LogP contribution in [0, 0.1) is 5.41 Å². The Morgan fingerprint density at radius 2 is 1.96 bits per heavy atom. The number of rotatable bonds is 7. The van der Waals surface area contributed by atoms with E-state index in [2.05, 4.69) is 10.3 Å². The molecule has 1 heterocycles. The van der Waals surface area contributed by atoms with Gasteiger partial charge < -0.3 is 14.6 Å². The molecular formula is C19H22F3N3O2. The number of imidazole rings is 1. The molecule has 0 saturated heterocycles. The summed E-state index contributed by atoms with van der Waals surface area (Å²) in [6.45, 7) is 3.30. The van der Waals surface area contributed by atoms with Gasteiger partial charge in [0, 0.05) is 31.9 Å². The molecule has 0 radical (unpaired) electrons. The Bertz CT molecular complexity index is 809. The SMILES string of the molecule is CCOC(=O)C1(CNCc2ccc(-c3nc(C(F)(F)F)cn3C)cc2)CC1. The molecule has 1 aliphatic rings. The van der Waals surface area contributed by atoms with Crippen LogP contribution in [0.3, 0.4) is 0 Å². The highest BCUT2D eigenvalue weighted by atomic mass is 19.4. The second-order valence-electron chi connectivity index (χ2n) is 6.86. The molecule has 3 rings (SSSR count). The van der Waals surface area contributed by atoms with Gasteiger partial charge in [0.15, 0.2) is 5.69 Å². The summed E-state index contributed by atoms with van der Waals surface area (Å²) in [6.07, 6.45) is -1.82. The van der Waals surface area contributed by atoms with E-state index in [9.17, 15) is 18.0 Å². The number of nitrogens with zero attached hydrogens (tertiary/aromatic N) is 2. The molecule has 5 nitrogen and oxygen atoms in total. The van der Waals surface area contributed by atoms with Crippen LogP contribution in [0.4, 0.5) is 13.2 Å². The summed E-state index contributed by atoms with van der Waals surface area (Å²) in [5.41, 5.74) is 0.293. The number of benzene rings is 1. The van der Waals surface area contributed by atoms with Crippen LogP contribution < -0.4 is 5.32 Å². The van der Waals surface area contributed by atoms with E-state index in [1.165, 1.54) is 11.6 Å². The highest BCUT2D eigenvalue weighted by Gasteiger charge is 2.50. The van der Waals surface area contributed by atoms with Crippen molar-refractivity contribution in [3.63, 3.8) is 0 Å². The first-order valence-corrected chi connectivity index (χ1v) is 8.83. The highest BCUT2D eigenvalue weighted by Crippen LogP contribution is 2.46. The molecule has 0 amide bonds. The molecule has 27 heavy (non-hydrogen) atoms. The summed E-state index contributed by atoms with van der Waals surface area (Å²) >= 11 is 0. The zero-order valence-electron chi connectivity index (χ0n) is 15.3. The Morgan fingerprint density at radius 1 is 1.30 bits per heavy atom. The molecular weight excluding hydrogens is 359 g/mol. The fourth-order valence-corrected chi connectivity index (χ4v) is 2.98. The molecule has 1 fully saturated rings. The third-order valence-electron chi connectivity index (χ3n) is 4.73. The molecule has 0 aliphatic heterocycles. The maximum atomic E-state index is 12.8. The molecule has 1 N–H and O–H groups in total. The van der Waals surface area contributed by atoms with Crippen molar-refractivity contribution in [3.05, 3.63) is 41.7 Å². The molecule has 1 aromatic heterocycles. The molecule has 146 valence electrons. The number of halogens is 3. The maximum Gasteiger partial charge on any atom is 0.434 e. The minimum atomic E-state index is -4.46. The fourth-order valence-electron chi connectivity index (χ4n) is 2.98. The predicted octanol–water partition coefficient (Wildman–Crippen LogP) is 3.54. The van der Waals surface area contributed by atoms with E-state index >= 15 is 0 Å². The number of carbonyl (C=O) groups excluding carboxylic acids is 1. The number of carbonyl (C=O) groups is 1. The van der Waals surface area contributed by atoms with Gasteiger partial charge in [0.25, 0.3) is 0 Å². The lowest BCUT2D eigenvalue weighted by Crippen LogP contribution is -2.31. The Kier molecular flexibility index (Phi) is 5.28. The topological polar surface area (TPSA) is 56.1 Å². The van der Waals surface area contributed by atoms with Crippen LogP contribution in [0.2, 0.25) is 0 Å². The predicted molar refractivity (Wildman–Crippen MR) is 93.7 cm³/mol. The average molecular weight is 381 g/mol. The van der Waals surface area contributed by atoms with E-state index in [0.29, 0.717) is 25.3 Å². The van der Waals surface area contributed by atoms with Gasteiger partial charge in [-0.15, -0.1) is 0 Å². The van der Waals surface area contributed by atoms with Gasteiger partial charge in [-0.25, -0.2) is 4.98 Å². The van der Waals surface area contributed by atoms with Crippen molar-refractivity contribution >= 4 is 5.97 Å². The molecule has 8 heteroatoms.